The minimum Gasteiger partial charge on any atom is -0.355 e. The Balaban J connectivity index is 2.69. The summed E-state index contributed by atoms with van der Waals surface area (Å²) in [5.74, 6) is 0. The van der Waals surface area contributed by atoms with Gasteiger partial charge in [0.05, 0.1) is 4.70 Å². The molecule has 0 aliphatic carbocycles. The molecule has 2 aromatic heterocycles. The molecule has 0 fully saturated rings. The van der Waals surface area contributed by atoms with Gasteiger partial charge in [0.2, 0.25) is 0 Å². The molecule has 0 amide bonds. The summed E-state index contributed by atoms with van der Waals surface area (Å²) >= 11 is 1.86. The van der Waals surface area contributed by atoms with Gasteiger partial charge in [-0.25, -0.2) is 0 Å². The summed E-state index contributed by atoms with van der Waals surface area (Å²) in [6.45, 7) is 4.25. The lowest BCUT2D eigenvalue weighted by atomic mass is 10.2. The van der Waals surface area contributed by atoms with Gasteiger partial charge in [-0.2, -0.15) is 0 Å². The van der Waals surface area contributed by atoms with Crippen LogP contribution in [-0.2, 0) is 7.05 Å². The number of allylic oxidation sites excluding steroid dienone is 1. The molecule has 2 aromatic rings. The van der Waals surface area contributed by atoms with Crippen LogP contribution in [0.2, 0.25) is 0 Å². The van der Waals surface area contributed by atoms with Gasteiger partial charge in [-0.05, 0) is 25.5 Å². The van der Waals surface area contributed by atoms with Gasteiger partial charge in [-0.1, -0.05) is 6.08 Å². The Kier molecular flexibility index (Phi) is 2.00. The van der Waals surface area contributed by atoms with Crippen LogP contribution in [0.25, 0.3) is 16.2 Å². The van der Waals surface area contributed by atoms with Gasteiger partial charge in [-0.15, -0.1) is 11.3 Å². The first-order valence-corrected chi connectivity index (χ1v) is 5.22. The summed E-state index contributed by atoms with van der Waals surface area (Å²) in [6, 6.07) is 0. The van der Waals surface area contributed by atoms with Gasteiger partial charge in [0.15, 0.2) is 0 Å². The van der Waals surface area contributed by atoms with Crippen LogP contribution < -0.4 is 0 Å². The largest absolute Gasteiger partial charge is 0.355 e. The SMILES string of the molecule is C/C=C\c1sc2cn(C)cc2c1C. The fourth-order valence-corrected chi connectivity index (χ4v) is 2.80. The van der Waals surface area contributed by atoms with E-state index >= 15 is 0 Å². The molecular formula is C11H13NS. The highest BCUT2D eigenvalue weighted by molar-refractivity contribution is 7.20. The molecule has 0 bridgehead atoms. The fourth-order valence-electron chi connectivity index (χ4n) is 1.56. The predicted molar refractivity (Wildman–Crippen MR) is 60.2 cm³/mol. The van der Waals surface area contributed by atoms with Crippen molar-refractivity contribution >= 4 is 27.5 Å². The molecular weight excluding hydrogens is 178 g/mol. The summed E-state index contributed by atoms with van der Waals surface area (Å²) < 4.78 is 3.50. The lowest BCUT2D eigenvalue weighted by Crippen LogP contribution is -1.78. The number of aryl methyl sites for hydroxylation is 2. The van der Waals surface area contributed by atoms with E-state index in [0.29, 0.717) is 0 Å². The van der Waals surface area contributed by atoms with E-state index in [2.05, 4.69) is 50.0 Å². The minimum absolute atomic E-state index is 1.38. The number of fused-ring (bicyclic) bond motifs is 1. The number of hydrogen-bond acceptors (Lipinski definition) is 1. The number of hydrogen-bond donors (Lipinski definition) is 0. The average molecular weight is 191 g/mol. The van der Waals surface area contributed by atoms with Crippen LogP contribution in [-0.4, -0.2) is 4.57 Å². The Morgan fingerprint density at radius 1 is 1.38 bits per heavy atom. The van der Waals surface area contributed by atoms with Crippen LogP contribution >= 0.6 is 11.3 Å². The van der Waals surface area contributed by atoms with Crippen molar-refractivity contribution in [3.8, 4) is 0 Å². The van der Waals surface area contributed by atoms with Gasteiger partial charge in [-0.3, -0.25) is 0 Å². The maximum Gasteiger partial charge on any atom is 0.0528 e. The molecule has 0 aliphatic heterocycles. The van der Waals surface area contributed by atoms with E-state index in [0.717, 1.165) is 0 Å². The highest BCUT2D eigenvalue weighted by Crippen LogP contribution is 2.31. The van der Waals surface area contributed by atoms with Crippen molar-refractivity contribution in [3.05, 3.63) is 28.9 Å². The summed E-state index contributed by atoms with van der Waals surface area (Å²) in [5.41, 5.74) is 1.40. The van der Waals surface area contributed by atoms with Gasteiger partial charge in [0.1, 0.15) is 0 Å². The molecule has 0 atom stereocenters. The third kappa shape index (κ3) is 1.31. The van der Waals surface area contributed by atoms with Gasteiger partial charge >= 0.3 is 0 Å². The first kappa shape index (κ1) is 8.57. The van der Waals surface area contributed by atoms with E-state index in [4.69, 9.17) is 0 Å². The summed E-state index contributed by atoms with van der Waals surface area (Å²) in [7, 11) is 2.07. The topological polar surface area (TPSA) is 4.93 Å². The molecule has 2 heteroatoms. The van der Waals surface area contributed by atoms with Crippen molar-refractivity contribution in [3.63, 3.8) is 0 Å². The molecule has 0 aliphatic rings. The fraction of sp³-hybridized carbons (Fsp3) is 0.273. The molecule has 0 spiro atoms. The average Bonchev–Trinajstić information content (AvgIpc) is 2.54. The Hall–Kier alpha value is -1.02. The second-order valence-corrected chi connectivity index (χ2v) is 4.38. The van der Waals surface area contributed by atoms with E-state index in [1.807, 2.05) is 11.3 Å². The van der Waals surface area contributed by atoms with Crippen LogP contribution in [0.5, 0.6) is 0 Å². The van der Waals surface area contributed by atoms with Crippen LogP contribution in [0.15, 0.2) is 18.5 Å². The summed E-state index contributed by atoms with van der Waals surface area (Å²) in [6.07, 6.45) is 8.64. The highest BCUT2D eigenvalue weighted by Gasteiger charge is 2.06. The molecule has 2 rings (SSSR count). The van der Waals surface area contributed by atoms with E-state index in [9.17, 15) is 0 Å². The quantitative estimate of drug-likeness (QED) is 0.649. The lowest BCUT2D eigenvalue weighted by molar-refractivity contribution is 0.933. The number of thiophene rings is 1. The lowest BCUT2D eigenvalue weighted by Gasteiger charge is -1.90. The molecule has 0 N–H and O–H groups in total. The number of nitrogens with zero attached hydrogens (tertiary/aromatic N) is 1. The Bertz CT molecular complexity index is 460. The molecule has 0 saturated heterocycles. The van der Waals surface area contributed by atoms with E-state index in [-0.39, 0.29) is 0 Å². The van der Waals surface area contributed by atoms with E-state index < -0.39 is 0 Å². The zero-order valence-electron chi connectivity index (χ0n) is 8.16. The summed E-state index contributed by atoms with van der Waals surface area (Å²) in [4.78, 5) is 1.38. The van der Waals surface area contributed by atoms with Crippen molar-refractivity contribution < 1.29 is 0 Å². The van der Waals surface area contributed by atoms with Gasteiger partial charge in [0.25, 0.3) is 0 Å². The zero-order valence-corrected chi connectivity index (χ0v) is 8.98. The second kappa shape index (κ2) is 3.04. The third-order valence-corrected chi connectivity index (χ3v) is 3.44. The molecule has 2 heterocycles. The highest BCUT2D eigenvalue weighted by atomic mass is 32.1. The van der Waals surface area contributed by atoms with Crippen molar-refractivity contribution in [1.82, 2.24) is 4.57 Å². The van der Waals surface area contributed by atoms with Crippen LogP contribution in [0.3, 0.4) is 0 Å². The standard InChI is InChI=1S/C11H13NS/c1-4-5-10-8(2)9-6-12(3)7-11(9)13-10/h4-7H,1-3H3/b5-4-. The minimum atomic E-state index is 1.38. The second-order valence-electron chi connectivity index (χ2n) is 3.29. The van der Waals surface area contributed by atoms with Crippen molar-refractivity contribution in [2.45, 2.75) is 13.8 Å². The normalized spacial score (nSPS) is 11.9. The van der Waals surface area contributed by atoms with Crippen molar-refractivity contribution in [1.29, 1.82) is 0 Å². The number of aromatic nitrogens is 1. The van der Waals surface area contributed by atoms with Crippen LogP contribution in [0.4, 0.5) is 0 Å². The monoisotopic (exact) mass is 191 g/mol. The Morgan fingerprint density at radius 3 is 2.77 bits per heavy atom. The van der Waals surface area contributed by atoms with Crippen molar-refractivity contribution in [2.24, 2.45) is 7.05 Å². The van der Waals surface area contributed by atoms with Gasteiger partial charge in [0, 0.05) is 29.7 Å². The molecule has 0 unspecified atom stereocenters. The molecule has 13 heavy (non-hydrogen) atoms. The Morgan fingerprint density at radius 2 is 2.15 bits per heavy atom. The van der Waals surface area contributed by atoms with Gasteiger partial charge < -0.3 is 4.57 Å². The molecule has 0 radical (unpaired) electrons. The van der Waals surface area contributed by atoms with E-state index in [1.54, 1.807) is 0 Å². The van der Waals surface area contributed by atoms with Crippen LogP contribution in [0.1, 0.15) is 17.4 Å². The third-order valence-electron chi connectivity index (χ3n) is 2.23. The molecule has 0 saturated carbocycles. The maximum atomic E-state index is 2.19. The van der Waals surface area contributed by atoms with E-state index in [1.165, 1.54) is 20.5 Å². The smallest absolute Gasteiger partial charge is 0.0528 e. The first-order valence-electron chi connectivity index (χ1n) is 4.40. The summed E-state index contributed by atoms with van der Waals surface area (Å²) in [5, 5.41) is 1.39. The molecule has 1 nitrogen and oxygen atoms in total. The molecule has 68 valence electrons. The zero-order chi connectivity index (χ0) is 9.42. The Labute approximate surface area is 82.3 Å². The predicted octanol–water partition coefficient (Wildman–Crippen LogP) is 3.58. The van der Waals surface area contributed by atoms with Crippen molar-refractivity contribution in [2.75, 3.05) is 0 Å². The first-order chi connectivity index (χ1) is 6.22. The molecule has 0 aromatic carbocycles. The van der Waals surface area contributed by atoms with Crippen LogP contribution in [0, 0.1) is 6.92 Å². The maximum absolute atomic E-state index is 2.19. The number of rotatable bonds is 1.